The second-order valence-electron chi connectivity index (χ2n) is 8.21. The van der Waals surface area contributed by atoms with Crippen LogP contribution in [0.1, 0.15) is 37.0 Å². The second-order valence-corrected chi connectivity index (χ2v) is 9.98. The van der Waals surface area contributed by atoms with Crippen LogP contribution < -0.4 is 10.0 Å². The summed E-state index contributed by atoms with van der Waals surface area (Å²) in [7, 11) is -3.67. The Bertz CT molecular complexity index is 1070. The summed E-state index contributed by atoms with van der Waals surface area (Å²) in [5.74, 6) is 0.272. The summed E-state index contributed by atoms with van der Waals surface area (Å²) in [5.41, 5.74) is 0.711. The van der Waals surface area contributed by atoms with Gasteiger partial charge < -0.3 is 14.6 Å². The van der Waals surface area contributed by atoms with Crippen LogP contribution in [-0.2, 0) is 26.2 Å². The zero-order chi connectivity index (χ0) is 22.6. The Hall–Kier alpha value is -2.91. The SMILES string of the molecule is O=C(NC1CC1)C1CCCN(C(=O)/C=C/c2ccc(S(=O)(=O)NCc3ccco3)cc2)C1. The van der Waals surface area contributed by atoms with E-state index in [9.17, 15) is 18.0 Å². The Morgan fingerprint density at radius 1 is 1.12 bits per heavy atom. The summed E-state index contributed by atoms with van der Waals surface area (Å²) in [6, 6.07) is 9.99. The highest BCUT2D eigenvalue weighted by atomic mass is 32.2. The Morgan fingerprint density at radius 2 is 1.91 bits per heavy atom. The predicted octanol–water partition coefficient (Wildman–Crippen LogP) is 2.29. The van der Waals surface area contributed by atoms with Crippen molar-refractivity contribution in [3.8, 4) is 0 Å². The number of piperidine rings is 1. The van der Waals surface area contributed by atoms with E-state index >= 15 is 0 Å². The van der Waals surface area contributed by atoms with Crippen molar-refractivity contribution in [1.29, 1.82) is 0 Å². The normalized spacial score (nSPS) is 19.2. The average molecular weight is 458 g/mol. The van der Waals surface area contributed by atoms with Crippen molar-refractivity contribution in [2.45, 2.75) is 43.2 Å². The average Bonchev–Trinajstić information content (AvgIpc) is 3.46. The van der Waals surface area contributed by atoms with Gasteiger partial charge in [0.05, 0.1) is 23.6 Å². The molecule has 8 nitrogen and oxygen atoms in total. The van der Waals surface area contributed by atoms with Gasteiger partial charge in [-0.25, -0.2) is 13.1 Å². The molecule has 1 saturated heterocycles. The molecule has 1 unspecified atom stereocenters. The lowest BCUT2D eigenvalue weighted by Gasteiger charge is -2.31. The topological polar surface area (TPSA) is 109 Å². The lowest BCUT2D eigenvalue weighted by Crippen LogP contribution is -2.45. The summed E-state index contributed by atoms with van der Waals surface area (Å²) < 4.78 is 32.4. The van der Waals surface area contributed by atoms with E-state index in [0.717, 1.165) is 25.7 Å². The molecule has 32 heavy (non-hydrogen) atoms. The number of carbonyl (C=O) groups excluding carboxylic acids is 2. The largest absolute Gasteiger partial charge is 0.468 e. The summed E-state index contributed by atoms with van der Waals surface area (Å²) in [4.78, 5) is 26.7. The maximum absolute atomic E-state index is 12.6. The maximum Gasteiger partial charge on any atom is 0.246 e. The molecule has 1 aromatic heterocycles. The number of sulfonamides is 1. The van der Waals surface area contributed by atoms with Gasteiger partial charge in [0.15, 0.2) is 0 Å². The summed E-state index contributed by atoms with van der Waals surface area (Å²) in [6.07, 6.45) is 8.31. The Morgan fingerprint density at radius 3 is 2.59 bits per heavy atom. The number of nitrogens with zero attached hydrogens (tertiary/aromatic N) is 1. The monoisotopic (exact) mass is 457 g/mol. The van der Waals surface area contributed by atoms with Crippen molar-refractivity contribution >= 4 is 27.9 Å². The molecule has 0 bridgehead atoms. The number of likely N-dealkylation sites (tertiary alicyclic amines) is 1. The highest BCUT2D eigenvalue weighted by molar-refractivity contribution is 7.89. The molecule has 170 valence electrons. The van der Waals surface area contributed by atoms with E-state index in [4.69, 9.17) is 4.42 Å². The number of hydrogen-bond donors (Lipinski definition) is 2. The van der Waals surface area contributed by atoms with E-state index in [-0.39, 0.29) is 29.2 Å². The molecule has 1 aliphatic carbocycles. The standard InChI is InChI=1S/C23H27N3O5S/c27-22(26-13-1-3-18(16-26)23(28)25-19-8-9-19)12-7-17-5-10-21(11-6-17)32(29,30)24-15-20-4-2-14-31-20/h2,4-7,10-12,14,18-19,24H,1,3,8-9,13,15-16H2,(H,25,28)/b12-7+. The molecule has 9 heteroatoms. The lowest BCUT2D eigenvalue weighted by atomic mass is 9.97. The fourth-order valence-corrected chi connectivity index (χ4v) is 4.63. The van der Waals surface area contributed by atoms with E-state index in [2.05, 4.69) is 10.0 Å². The van der Waals surface area contributed by atoms with E-state index < -0.39 is 10.0 Å². The third-order valence-corrected chi connectivity index (χ3v) is 7.07. The summed E-state index contributed by atoms with van der Waals surface area (Å²) >= 11 is 0. The molecular formula is C23H27N3O5S. The second kappa shape index (κ2) is 9.70. The van der Waals surface area contributed by atoms with Crippen molar-refractivity contribution < 1.29 is 22.4 Å². The first-order valence-corrected chi connectivity index (χ1v) is 12.3. The zero-order valence-electron chi connectivity index (χ0n) is 17.7. The number of hydrogen-bond acceptors (Lipinski definition) is 5. The van der Waals surface area contributed by atoms with Gasteiger partial charge in [0.2, 0.25) is 21.8 Å². The van der Waals surface area contributed by atoms with Crippen LogP contribution in [0.3, 0.4) is 0 Å². The molecule has 1 saturated carbocycles. The highest BCUT2D eigenvalue weighted by Crippen LogP contribution is 2.22. The minimum Gasteiger partial charge on any atom is -0.468 e. The fraction of sp³-hybridized carbons (Fsp3) is 0.391. The van der Waals surface area contributed by atoms with E-state index in [1.165, 1.54) is 24.5 Å². The van der Waals surface area contributed by atoms with Gasteiger partial charge in [-0.15, -0.1) is 0 Å². The molecule has 1 aliphatic heterocycles. The van der Waals surface area contributed by atoms with Gasteiger partial charge in [0, 0.05) is 25.2 Å². The fourth-order valence-electron chi connectivity index (χ4n) is 3.63. The van der Waals surface area contributed by atoms with Gasteiger partial charge in [-0.1, -0.05) is 12.1 Å². The van der Waals surface area contributed by atoms with E-state index in [1.807, 2.05) is 0 Å². The van der Waals surface area contributed by atoms with Crippen LogP contribution in [-0.4, -0.2) is 44.3 Å². The molecule has 2 fully saturated rings. The Kier molecular flexibility index (Phi) is 6.76. The van der Waals surface area contributed by atoms with Gasteiger partial charge in [-0.3, -0.25) is 9.59 Å². The van der Waals surface area contributed by atoms with Gasteiger partial charge in [-0.2, -0.15) is 0 Å². The van der Waals surface area contributed by atoms with Crippen LogP contribution >= 0.6 is 0 Å². The summed E-state index contributed by atoms with van der Waals surface area (Å²) in [5, 5.41) is 3.02. The van der Waals surface area contributed by atoms with Crippen molar-refractivity contribution in [3.63, 3.8) is 0 Å². The molecule has 2 aromatic rings. The molecule has 1 atom stereocenters. The first-order chi connectivity index (χ1) is 15.4. The first kappa shape index (κ1) is 22.3. The van der Waals surface area contributed by atoms with Gasteiger partial charge >= 0.3 is 0 Å². The van der Waals surface area contributed by atoms with Gasteiger partial charge in [-0.05, 0) is 61.6 Å². The van der Waals surface area contributed by atoms with E-state index in [1.54, 1.807) is 35.2 Å². The number of furan rings is 1. The minimum atomic E-state index is -3.67. The molecule has 0 radical (unpaired) electrons. The molecule has 2 amide bonds. The molecule has 2 aliphatic rings. The van der Waals surface area contributed by atoms with Crippen LogP contribution in [0.15, 0.2) is 58.1 Å². The molecule has 2 N–H and O–H groups in total. The number of benzene rings is 1. The molecule has 4 rings (SSSR count). The molecule has 2 heterocycles. The van der Waals surface area contributed by atoms with Gasteiger partial charge in [0.25, 0.3) is 0 Å². The van der Waals surface area contributed by atoms with Crippen molar-refractivity contribution in [3.05, 3.63) is 60.1 Å². The number of rotatable bonds is 8. The van der Waals surface area contributed by atoms with Crippen LogP contribution in [0.25, 0.3) is 6.08 Å². The van der Waals surface area contributed by atoms with E-state index in [0.29, 0.717) is 30.5 Å². The lowest BCUT2D eigenvalue weighted by molar-refractivity contribution is -0.132. The number of carbonyl (C=O) groups is 2. The van der Waals surface area contributed by atoms with Crippen LogP contribution in [0, 0.1) is 5.92 Å². The number of amides is 2. The quantitative estimate of drug-likeness (QED) is 0.591. The zero-order valence-corrected chi connectivity index (χ0v) is 18.5. The Balaban J connectivity index is 1.31. The van der Waals surface area contributed by atoms with Crippen molar-refractivity contribution in [2.75, 3.05) is 13.1 Å². The smallest absolute Gasteiger partial charge is 0.246 e. The van der Waals surface area contributed by atoms with Gasteiger partial charge in [0.1, 0.15) is 5.76 Å². The van der Waals surface area contributed by atoms with Crippen molar-refractivity contribution in [1.82, 2.24) is 14.9 Å². The third kappa shape index (κ3) is 5.86. The molecular weight excluding hydrogens is 430 g/mol. The molecule has 1 aromatic carbocycles. The number of nitrogens with one attached hydrogen (secondary N) is 2. The van der Waals surface area contributed by atoms with Crippen molar-refractivity contribution in [2.24, 2.45) is 5.92 Å². The minimum absolute atomic E-state index is 0.0476. The van der Waals surface area contributed by atoms with Crippen LogP contribution in [0.2, 0.25) is 0 Å². The first-order valence-electron chi connectivity index (χ1n) is 10.8. The molecule has 0 spiro atoms. The predicted molar refractivity (Wildman–Crippen MR) is 119 cm³/mol. The van der Waals surface area contributed by atoms with Crippen LogP contribution in [0.5, 0.6) is 0 Å². The third-order valence-electron chi connectivity index (χ3n) is 5.65. The Labute approximate surface area is 187 Å². The summed E-state index contributed by atoms with van der Waals surface area (Å²) in [6.45, 7) is 1.14. The highest BCUT2D eigenvalue weighted by Gasteiger charge is 2.31. The van der Waals surface area contributed by atoms with Crippen LogP contribution in [0.4, 0.5) is 0 Å². The maximum atomic E-state index is 12.6.